The van der Waals surface area contributed by atoms with Gasteiger partial charge in [-0.05, 0) is 12.8 Å². The van der Waals surface area contributed by atoms with Crippen LogP contribution in [0.15, 0.2) is 0 Å². The molecule has 2 nitrogen and oxygen atoms in total. The van der Waals surface area contributed by atoms with Gasteiger partial charge in [0.2, 0.25) is 0 Å². The number of nitrogens with one attached hydrogen (secondary N) is 1. The SMILES string of the molecule is C1CCCC(NC2COC2)CCC1. The van der Waals surface area contributed by atoms with Crippen LogP contribution in [0.1, 0.15) is 44.9 Å². The molecule has 0 aromatic rings. The molecule has 0 atom stereocenters. The minimum Gasteiger partial charge on any atom is -0.378 e. The Balaban J connectivity index is 1.68. The van der Waals surface area contributed by atoms with Crippen LogP contribution >= 0.6 is 0 Å². The maximum Gasteiger partial charge on any atom is 0.0643 e. The second-order valence-electron chi connectivity index (χ2n) is 4.44. The van der Waals surface area contributed by atoms with E-state index in [0.717, 1.165) is 19.3 Å². The van der Waals surface area contributed by atoms with Crippen molar-refractivity contribution in [2.75, 3.05) is 13.2 Å². The van der Waals surface area contributed by atoms with Gasteiger partial charge >= 0.3 is 0 Å². The summed E-state index contributed by atoms with van der Waals surface area (Å²) < 4.78 is 5.17. The van der Waals surface area contributed by atoms with Gasteiger partial charge in [-0.3, -0.25) is 0 Å². The molecule has 0 spiro atoms. The summed E-state index contributed by atoms with van der Waals surface area (Å²) in [6.07, 6.45) is 9.96. The molecule has 0 aromatic carbocycles. The molecule has 0 bridgehead atoms. The first kappa shape index (κ1) is 9.47. The van der Waals surface area contributed by atoms with Gasteiger partial charge in [0.05, 0.1) is 19.3 Å². The molecule has 76 valence electrons. The number of rotatable bonds is 2. The van der Waals surface area contributed by atoms with Crippen LogP contribution in [0, 0.1) is 0 Å². The normalized spacial score (nSPS) is 27.7. The van der Waals surface area contributed by atoms with Gasteiger partial charge in [-0.25, -0.2) is 0 Å². The Morgan fingerprint density at radius 1 is 0.769 bits per heavy atom. The Hall–Kier alpha value is -0.0800. The molecule has 0 radical (unpaired) electrons. The summed E-state index contributed by atoms with van der Waals surface area (Å²) in [5, 5.41) is 3.70. The van der Waals surface area contributed by atoms with Crippen molar-refractivity contribution in [2.45, 2.75) is 57.0 Å². The molecule has 2 fully saturated rings. The largest absolute Gasteiger partial charge is 0.378 e. The summed E-state index contributed by atoms with van der Waals surface area (Å²) in [7, 11) is 0. The first-order valence-corrected chi connectivity index (χ1v) is 5.79. The van der Waals surface area contributed by atoms with Gasteiger partial charge < -0.3 is 10.1 Å². The topological polar surface area (TPSA) is 21.3 Å². The smallest absolute Gasteiger partial charge is 0.0643 e. The zero-order chi connectivity index (χ0) is 8.93. The van der Waals surface area contributed by atoms with Crippen LogP contribution in [0.2, 0.25) is 0 Å². The highest BCUT2D eigenvalue weighted by atomic mass is 16.5. The first-order chi connectivity index (χ1) is 6.45. The van der Waals surface area contributed by atoms with E-state index >= 15 is 0 Å². The molecule has 1 N–H and O–H groups in total. The van der Waals surface area contributed by atoms with Gasteiger partial charge in [0.15, 0.2) is 0 Å². The van der Waals surface area contributed by atoms with Crippen LogP contribution in [0.5, 0.6) is 0 Å². The number of ether oxygens (including phenoxy) is 1. The zero-order valence-electron chi connectivity index (χ0n) is 8.43. The van der Waals surface area contributed by atoms with Gasteiger partial charge in [-0.2, -0.15) is 0 Å². The molecule has 13 heavy (non-hydrogen) atoms. The summed E-state index contributed by atoms with van der Waals surface area (Å²) in [5.74, 6) is 0. The van der Waals surface area contributed by atoms with Gasteiger partial charge in [-0.15, -0.1) is 0 Å². The van der Waals surface area contributed by atoms with Gasteiger partial charge in [0.25, 0.3) is 0 Å². The number of hydrogen-bond acceptors (Lipinski definition) is 2. The first-order valence-electron chi connectivity index (χ1n) is 5.79. The van der Waals surface area contributed by atoms with Gasteiger partial charge in [0, 0.05) is 6.04 Å². The molecular weight excluding hydrogens is 162 g/mol. The minimum atomic E-state index is 0.671. The van der Waals surface area contributed by atoms with Crippen molar-refractivity contribution in [3.8, 4) is 0 Å². The van der Waals surface area contributed by atoms with Crippen LogP contribution in [0.4, 0.5) is 0 Å². The predicted octanol–water partition coefficient (Wildman–Crippen LogP) is 2.09. The van der Waals surface area contributed by atoms with Crippen LogP contribution in [-0.4, -0.2) is 25.3 Å². The summed E-state index contributed by atoms with van der Waals surface area (Å²) in [6, 6.07) is 1.46. The van der Waals surface area contributed by atoms with Crippen molar-refractivity contribution in [1.29, 1.82) is 0 Å². The van der Waals surface area contributed by atoms with E-state index in [-0.39, 0.29) is 0 Å². The summed E-state index contributed by atoms with van der Waals surface area (Å²) in [5.41, 5.74) is 0. The Kier molecular flexibility index (Phi) is 3.62. The molecule has 0 amide bonds. The highest BCUT2D eigenvalue weighted by Crippen LogP contribution is 2.18. The maximum atomic E-state index is 5.17. The summed E-state index contributed by atoms with van der Waals surface area (Å²) >= 11 is 0. The van der Waals surface area contributed by atoms with Crippen molar-refractivity contribution >= 4 is 0 Å². The van der Waals surface area contributed by atoms with E-state index in [1.165, 1.54) is 44.9 Å². The Morgan fingerprint density at radius 2 is 1.38 bits per heavy atom. The molecule has 1 aliphatic carbocycles. The fraction of sp³-hybridized carbons (Fsp3) is 1.00. The van der Waals surface area contributed by atoms with E-state index in [2.05, 4.69) is 5.32 Å². The highest BCUT2D eigenvalue weighted by molar-refractivity contribution is 4.79. The van der Waals surface area contributed by atoms with Gasteiger partial charge in [0.1, 0.15) is 0 Å². The Morgan fingerprint density at radius 3 is 1.92 bits per heavy atom. The van der Waals surface area contributed by atoms with Gasteiger partial charge in [-0.1, -0.05) is 32.1 Å². The molecule has 1 saturated heterocycles. The third-order valence-electron chi connectivity index (χ3n) is 3.21. The average molecular weight is 183 g/mol. The molecular formula is C11H21NO. The average Bonchev–Trinajstić information content (AvgIpc) is 1.99. The second-order valence-corrected chi connectivity index (χ2v) is 4.44. The van der Waals surface area contributed by atoms with E-state index in [9.17, 15) is 0 Å². The zero-order valence-corrected chi connectivity index (χ0v) is 8.43. The van der Waals surface area contributed by atoms with E-state index < -0.39 is 0 Å². The lowest BCUT2D eigenvalue weighted by Gasteiger charge is -2.32. The van der Waals surface area contributed by atoms with Crippen LogP contribution < -0.4 is 5.32 Å². The lowest BCUT2D eigenvalue weighted by atomic mass is 9.96. The third kappa shape index (κ3) is 2.96. The standard InChI is InChI=1S/C11H21NO/c1-2-4-6-10(7-5-3-1)12-11-8-13-9-11/h10-12H,1-9H2. The summed E-state index contributed by atoms with van der Waals surface area (Å²) in [6.45, 7) is 1.88. The molecule has 1 aliphatic heterocycles. The fourth-order valence-electron chi connectivity index (χ4n) is 2.29. The van der Waals surface area contributed by atoms with Crippen molar-refractivity contribution in [2.24, 2.45) is 0 Å². The molecule has 0 unspecified atom stereocenters. The van der Waals surface area contributed by atoms with Crippen LogP contribution in [0.3, 0.4) is 0 Å². The lowest BCUT2D eigenvalue weighted by molar-refractivity contribution is -0.0112. The van der Waals surface area contributed by atoms with Crippen molar-refractivity contribution in [1.82, 2.24) is 5.32 Å². The molecule has 1 heterocycles. The van der Waals surface area contributed by atoms with E-state index in [4.69, 9.17) is 4.74 Å². The third-order valence-corrected chi connectivity index (χ3v) is 3.21. The predicted molar refractivity (Wildman–Crippen MR) is 53.8 cm³/mol. The number of hydrogen-bond donors (Lipinski definition) is 1. The Labute approximate surface area is 81.0 Å². The quantitative estimate of drug-likeness (QED) is 0.707. The molecule has 1 saturated carbocycles. The molecule has 0 aromatic heterocycles. The van der Waals surface area contributed by atoms with E-state index in [0.29, 0.717) is 6.04 Å². The molecule has 2 rings (SSSR count). The van der Waals surface area contributed by atoms with E-state index in [1.54, 1.807) is 0 Å². The maximum absolute atomic E-state index is 5.17. The van der Waals surface area contributed by atoms with Crippen molar-refractivity contribution < 1.29 is 4.74 Å². The monoisotopic (exact) mass is 183 g/mol. The summed E-state index contributed by atoms with van der Waals surface area (Å²) in [4.78, 5) is 0. The second kappa shape index (κ2) is 4.97. The van der Waals surface area contributed by atoms with Crippen LogP contribution in [-0.2, 0) is 4.74 Å². The fourth-order valence-corrected chi connectivity index (χ4v) is 2.29. The highest BCUT2D eigenvalue weighted by Gasteiger charge is 2.21. The van der Waals surface area contributed by atoms with Crippen LogP contribution in [0.25, 0.3) is 0 Å². The van der Waals surface area contributed by atoms with E-state index in [1.807, 2.05) is 0 Å². The molecule has 2 aliphatic rings. The lowest BCUT2D eigenvalue weighted by Crippen LogP contribution is -2.50. The van der Waals surface area contributed by atoms with Crippen molar-refractivity contribution in [3.05, 3.63) is 0 Å². The minimum absolute atomic E-state index is 0.671. The van der Waals surface area contributed by atoms with Crippen molar-refractivity contribution in [3.63, 3.8) is 0 Å². The molecule has 2 heteroatoms. The Bertz CT molecular complexity index is 137.